The zero-order valence-corrected chi connectivity index (χ0v) is 39.3. The number of ether oxygens (including phenoxy) is 2. The molecular formula is C45H76O17P2. The topological polar surface area (TPSA) is 276 Å². The Morgan fingerprint density at radius 3 is 1.61 bits per heavy atom. The third-order valence-electron chi connectivity index (χ3n) is 9.90. The van der Waals surface area contributed by atoms with E-state index < -0.39 is 83.5 Å². The molecule has 0 saturated heterocycles. The second kappa shape index (κ2) is 35.6. The van der Waals surface area contributed by atoms with Gasteiger partial charge < -0.3 is 49.7 Å². The van der Waals surface area contributed by atoms with E-state index >= 15 is 0 Å². The van der Waals surface area contributed by atoms with E-state index in [4.69, 9.17) is 28.3 Å². The number of phosphoric acid groups is 2. The minimum absolute atomic E-state index is 0.00543. The second-order valence-corrected chi connectivity index (χ2v) is 18.1. The number of aliphatic hydroxyl groups excluding tert-OH is 5. The van der Waals surface area contributed by atoms with Crippen LogP contribution >= 0.6 is 15.6 Å². The summed E-state index contributed by atoms with van der Waals surface area (Å²) in [6, 6.07) is 0. The van der Waals surface area contributed by atoms with Crippen molar-refractivity contribution < 1.29 is 82.0 Å². The lowest BCUT2D eigenvalue weighted by Gasteiger charge is -2.43. The van der Waals surface area contributed by atoms with Gasteiger partial charge in [-0.2, -0.15) is 0 Å². The highest BCUT2D eigenvalue weighted by molar-refractivity contribution is 7.47. The number of carbonyl (C=O) groups is 2. The monoisotopic (exact) mass is 950 g/mol. The van der Waals surface area contributed by atoms with Crippen LogP contribution in [0, 0.1) is 0 Å². The summed E-state index contributed by atoms with van der Waals surface area (Å²) in [5.74, 6) is -1.31. The molecule has 0 radical (unpaired) electrons. The van der Waals surface area contributed by atoms with Gasteiger partial charge in [-0.05, 0) is 83.5 Å². The number of hydrogen-bond donors (Lipinski definition) is 8. The van der Waals surface area contributed by atoms with Crippen molar-refractivity contribution in [3.8, 4) is 0 Å². The molecule has 1 saturated carbocycles. The Morgan fingerprint density at radius 2 is 1.05 bits per heavy atom. The highest BCUT2D eigenvalue weighted by Gasteiger charge is 2.54. The third kappa shape index (κ3) is 29.8. The van der Waals surface area contributed by atoms with Crippen LogP contribution in [-0.2, 0) is 41.8 Å². The third-order valence-corrected chi connectivity index (χ3v) is 11.4. The predicted octanol–water partition coefficient (Wildman–Crippen LogP) is 7.03. The van der Waals surface area contributed by atoms with Crippen molar-refractivity contribution in [1.82, 2.24) is 0 Å². The summed E-state index contributed by atoms with van der Waals surface area (Å²) in [6.07, 6.45) is 23.9. The van der Waals surface area contributed by atoms with Crippen LogP contribution < -0.4 is 0 Å². The minimum atomic E-state index is -5.38. The summed E-state index contributed by atoms with van der Waals surface area (Å²) >= 11 is 0. The van der Waals surface area contributed by atoms with Gasteiger partial charge in [0.1, 0.15) is 43.2 Å². The van der Waals surface area contributed by atoms with E-state index in [0.717, 1.165) is 89.9 Å². The molecule has 0 amide bonds. The Kier molecular flexibility index (Phi) is 33.0. The van der Waals surface area contributed by atoms with Crippen molar-refractivity contribution in [2.75, 3.05) is 13.2 Å². The van der Waals surface area contributed by atoms with Gasteiger partial charge in [0.05, 0.1) is 12.7 Å². The molecule has 1 aliphatic carbocycles. The van der Waals surface area contributed by atoms with E-state index in [1.807, 2.05) is 25.2 Å². The Labute approximate surface area is 379 Å². The highest BCUT2D eigenvalue weighted by Crippen LogP contribution is 2.49. The lowest BCUT2D eigenvalue weighted by atomic mass is 9.85. The number of rotatable bonds is 36. The molecule has 19 heteroatoms. The fourth-order valence-electron chi connectivity index (χ4n) is 6.21. The molecule has 5 unspecified atom stereocenters. The Bertz CT molecular complexity index is 1540. The molecule has 0 heterocycles. The van der Waals surface area contributed by atoms with Gasteiger partial charge in [-0.1, -0.05) is 112 Å². The SMILES string of the molecule is CCC/C=C\C/C=C\CCCCCCCC(=O)O[C@H](COC(=O)CCC/C=C\C/C=C\C/C=C\C/C=C\CC[C@@H](O)CC)COP(=O)(O)O[C@H]1C(O)C(O)C(O)[C@@H](OP(=O)(O)O)C1O. The van der Waals surface area contributed by atoms with Gasteiger partial charge in [-0.3, -0.25) is 23.2 Å². The maximum atomic E-state index is 13.0. The zero-order chi connectivity index (χ0) is 47.6. The average molecular weight is 951 g/mol. The van der Waals surface area contributed by atoms with Crippen LogP contribution in [0.5, 0.6) is 0 Å². The molecule has 17 nitrogen and oxygen atoms in total. The van der Waals surface area contributed by atoms with E-state index in [0.29, 0.717) is 19.3 Å². The Hall–Kier alpha value is -2.60. The lowest BCUT2D eigenvalue weighted by molar-refractivity contribution is -0.216. The van der Waals surface area contributed by atoms with Crippen LogP contribution in [0.3, 0.4) is 0 Å². The molecule has 0 bridgehead atoms. The molecule has 1 aliphatic rings. The fourth-order valence-corrected chi connectivity index (χ4v) is 7.75. The Balaban J connectivity index is 2.66. The van der Waals surface area contributed by atoms with Crippen LogP contribution in [0.25, 0.3) is 0 Å². The summed E-state index contributed by atoms with van der Waals surface area (Å²) in [5.41, 5.74) is 0. The quantitative estimate of drug-likeness (QED) is 0.0135. The number of hydrogen-bond acceptors (Lipinski definition) is 14. The van der Waals surface area contributed by atoms with Gasteiger partial charge >= 0.3 is 27.6 Å². The summed E-state index contributed by atoms with van der Waals surface area (Å²) in [6.45, 7) is 2.68. The summed E-state index contributed by atoms with van der Waals surface area (Å²) in [4.78, 5) is 54.1. The normalized spacial score (nSPS) is 23.0. The number of phosphoric ester groups is 2. The van der Waals surface area contributed by atoms with Crippen molar-refractivity contribution in [2.24, 2.45) is 0 Å². The van der Waals surface area contributed by atoms with Crippen LogP contribution in [0.2, 0.25) is 0 Å². The smallest absolute Gasteiger partial charge is 0.462 e. The molecule has 368 valence electrons. The first kappa shape index (κ1) is 59.4. The van der Waals surface area contributed by atoms with Crippen molar-refractivity contribution in [3.63, 3.8) is 0 Å². The molecule has 8 N–H and O–H groups in total. The van der Waals surface area contributed by atoms with E-state index in [1.165, 1.54) is 0 Å². The van der Waals surface area contributed by atoms with Crippen LogP contribution in [0.1, 0.15) is 136 Å². The molecular weight excluding hydrogens is 874 g/mol. The molecule has 0 aromatic heterocycles. The largest absolute Gasteiger partial charge is 0.472 e. The molecule has 0 aromatic carbocycles. The molecule has 0 aromatic rings. The fraction of sp³-hybridized carbons (Fsp3) is 0.689. The maximum Gasteiger partial charge on any atom is 0.472 e. The summed E-state index contributed by atoms with van der Waals surface area (Å²) in [7, 11) is -10.7. The van der Waals surface area contributed by atoms with Crippen molar-refractivity contribution >= 4 is 27.6 Å². The molecule has 1 fully saturated rings. The summed E-state index contributed by atoms with van der Waals surface area (Å²) < 4.78 is 49.2. The van der Waals surface area contributed by atoms with Gasteiger partial charge in [0.15, 0.2) is 6.10 Å². The molecule has 64 heavy (non-hydrogen) atoms. The first-order chi connectivity index (χ1) is 30.5. The van der Waals surface area contributed by atoms with Crippen molar-refractivity contribution in [2.45, 2.75) is 185 Å². The van der Waals surface area contributed by atoms with Gasteiger partial charge in [-0.15, -0.1) is 0 Å². The number of unbranched alkanes of at least 4 members (excludes halogenated alkanes) is 7. The van der Waals surface area contributed by atoms with Gasteiger partial charge in [-0.25, -0.2) is 9.13 Å². The molecule has 1 rings (SSSR count). The molecule has 0 spiro atoms. The molecule has 0 aliphatic heterocycles. The maximum absolute atomic E-state index is 13.0. The van der Waals surface area contributed by atoms with Crippen molar-refractivity contribution in [3.05, 3.63) is 72.9 Å². The second-order valence-electron chi connectivity index (χ2n) is 15.6. The number of carbonyl (C=O) groups excluding carboxylic acids is 2. The number of allylic oxidation sites excluding steroid dienone is 12. The minimum Gasteiger partial charge on any atom is -0.462 e. The van der Waals surface area contributed by atoms with Crippen LogP contribution in [-0.4, -0.2) is 114 Å². The van der Waals surface area contributed by atoms with E-state index in [1.54, 1.807) is 0 Å². The average Bonchev–Trinajstić information content (AvgIpc) is 3.25. The van der Waals surface area contributed by atoms with Crippen LogP contribution in [0.15, 0.2) is 72.9 Å². The predicted molar refractivity (Wildman–Crippen MR) is 242 cm³/mol. The first-order valence-electron chi connectivity index (χ1n) is 22.6. The first-order valence-corrected chi connectivity index (χ1v) is 25.6. The zero-order valence-electron chi connectivity index (χ0n) is 37.5. The number of aliphatic hydroxyl groups is 5. The standard InChI is InChI=1S/C45H76O17P2/c1-3-5-6-7-8-9-10-13-18-21-24-27-30-33-39(48)60-37(35-59-64(56,57)62-45-42(51)40(49)41(50)44(43(45)52)61-63(53,54)55)34-58-38(47)32-29-26-23-20-17-15-12-11-14-16-19-22-25-28-31-36(46)4-2/h6-7,9-10,12,14-16,20,22-23,25,36-37,40-46,49-52H,3-5,8,11,13,17-19,21,24,26-35H2,1-2H3,(H,56,57)(H2,53,54,55)/b7-6-,10-9-,15-12-,16-14-,23-20-,25-22-/t36-,37+,40?,41?,42?,43?,44+,45-/m0/s1. The number of esters is 2. The van der Waals surface area contributed by atoms with E-state index in [9.17, 15) is 49.1 Å². The van der Waals surface area contributed by atoms with Crippen molar-refractivity contribution in [1.29, 1.82) is 0 Å². The van der Waals surface area contributed by atoms with E-state index in [-0.39, 0.29) is 18.9 Å². The van der Waals surface area contributed by atoms with Crippen LogP contribution in [0.4, 0.5) is 0 Å². The summed E-state index contributed by atoms with van der Waals surface area (Å²) in [5, 5.41) is 50.7. The van der Waals surface area contributed by atoms with Gasteiger partial charge in [0, 0.05) is 12.8 Å². The molecule has 9 atom stereocenters. The van der Waals surface area contributed by atoms with Gasteiger partial charge in [0.2, 0.25) is 0 Å². The highest BCUT2D eigenvalue weighted by atomic mass is 31.2. The van der Waals surface area contributed by atoms with E-state index in [2.05, 4.69) is 66.1 Å². The van der Waals surface area contributed by atoms with Gasteiger partial charge in [0.25, 0.3) is 0 Å². The lowest BCUT2D eigenvalue weighted by Crippen LogP contribution is -2.64. The Morgan fingerprint density at radius 1 is 0.562 bits per heavy atom.